The van der Waals surface area contributed by atoms with Crippen molar-refractivity contribution in [2.24, 2.45) is 4.99 Å². The first-order valence-corrected chi connectivity index (χ1v) is 14.2. The van der Waals surface area contributed by atoms with Gasteiger partial charge >= 0.3 is 5.97 Å². The molecule has 12 heteroatoms. The van der Waals surface area contributed by atoms with Gasteiger partial charge in [0, 0.05) is 11.0 Å². The van der Waals surface area contributed by atoms with Gasteiger partial charge in [-0.2, -0.15) is 0 Å². The van der Waals surface area contributed by atoms with Gasteiger partial charge in [-0.1, -0.05) is 30.7 Å². The number of aromatic nitrogens is 1. The van der Waals surface area contributed by atoms with E-state index in [1.54, 1.807) is 37.3 Å². The molecule has 0 aliphatic carbocycles. The lowest BCUT2D eigenvalue weighted by atomic mass is 9.99. The zero-order valence-electron chi connectivity index (χ0n) is 21.9. The summed E-state index contributed by atoms with van der Waals surface area (Å²) in [5.41, 5.74) is 0.780. The first-order valence-electron chi connectivity index (χ1n) is 12.5. The molecule has 0 amide bonds. The number of esters is 1. The summed E-state index contributed by atoms with van der Waals surface area (Å²) >= 11 is 2.64. The molecule has 1 atom stereocenters. The van der Waals surface area contributed by atoms with Crippen LogP contribution in [0.3, 0.4) is 0 Å². The lowest BCUT2D eigenvalue weighted by molar-refractivity contribution is -0.384. The maximum absolute atomic E-state index is 13.8. The van der Waals surface area contributed by atoms with Crippen molar-refractivity contribution in [3.63, 3.8) is 0 Å². The summed E-state index contributed by atoms with van der Waals surface area (Å²) in [5.74, 6) is 0.489. The maximum Gasteiger partial charge on any atom is 0.338 e. The molecule has 1 aliphatic heterocycles. The molecule has 1 unspecified atom stereocenters. The van der Waals surface area contributed by atoms with E-state index in [-0.39, 0.29) is 29.2 Å². The molecule has 4 aromatic rings. The number of nitro benzene ring substituents is 1. The predicted octanol–water partition coefficient (Wildman–Crippen LogP) is 4.82. The molecule has 0 saturated heterocycles. The Hall–Kier alpha value is -4.29. The van der Waals surface area contributed by atoms with Gasteiger partial charge in [-0.05, 0) is 49.1 Å². The van der Waals surface area contributed by atoms with Gasteiger partial charge in [0.1, 0.15) is 23.3 Å². The van der Waals surface area contributed by atoms with Crippen LogP contribution in [0.5, 0.6) is 5.75 Å². The summed E-state index contributed by atoms with van der Waals surface area (Å²) in [6.45, 7) is 3.95. The Morgan fingerprint density at radius 2 is 2.08 bits per heavy atom. The summed E-state index contributed by atoms with van der Waals surface area (Å²) in [7, 11) is 1.43. The lowest BCUT2D eigenvalue weighted by Crippen LogP contribution is -2.39. The molecule has 4 heterocycles. The van der Waals surface area contributed by atoms with Crippen molar-refractivity contribution in [2.45, 2.75) is 32.7 Å². The minimum absolute atomic E-state index is 0.162. The number of hydrogen-bond acceptors (Lipinski definition) is 10. The number of thiophene rings is 1. The van der Waals surface area contributed by atoms with E-state index in [1.165, 1.54) is 40.4 Å². The predicted molar refractivity (Wildman–Crippen MR) is 151 cm³/mol. The van der Waals surface area contributed by atoms with Crippen LogP contribution in [-0.2, 0) is 9.53 Å². The molecule has 10 nitrogen and oxygen atoms in total. The van der Waals surface area contributed by atoms with Crippen LogP contribution in [0.15, 0.2) is 73.3 Å². The highest BCUT2D eigenvalue weighted by Gasteiger charge is 2.35. The van der Waals surface area contributed by atoms with Crippen molar-refractivity contribution in [1.29, 1.82) is 0 Å². The second-order valence-corrected chi connectivity index (χ2v) is 10.8. The highest BCUT2D eigenvalue weighted by molar-refractivity contribution is 7.10. The van der Waals surface area contributed by atoms with Gasteiger partial charge in [0.15, 0.2) is 4.80 Å². The maximum atomic E-state index is 13.8. The summed E-state index contributed by atoms with van der Waals surface area (Å²) in [6.07, 6.45) is 2.91. The third kappa shape index (κ3) is 5.03. The molecule has 0 spiro atoms. The van der Waals surface area contributed by atoms with Gasteiger partial charge in [-0.25, -0.2) is 9.79 Å². The first-order chi connectivity index (χ1) is 19.4. The molecule has 206 valence electrons. The third-order valence-electron chi connectivity index (χ3n) is 6.27. The molecule has 3 aromatic heterocycles. The number of hydrogen-bond donors (Lipinski definition) is 0. The van der Waals surface area contributed by atoms with E-state index in [0.29, 0.717) is 38.5 Å². The van der Waals surface area contributed by atoms with Crippen LogP contribution < -0.4 is 19.6 Å². The normalized spacial score (nSPS) is 15.1. The van der Waals surface area contributed by atoms with Gasteiger partial charge in [0.05, 0.1) is 46.1 Å². The number of nitro groups is 1. The molecule has 0 N–H and O–H groups in total. The number of nitrogens with zero attached hydrogens (tertiary/aromatic N) is 3. The van der Waals surface area contributed by atoms with Crippen LogP contribution in [0.1, 0.15) is 43.4 Å². The van der Waals surface area contributed by atoms with E-state index in [1.807, 2.05) is 24.4 Å². The summed E-state index contributed by atoms with van der Waals surface area (Å²) in [6, 6.07) is 10.9. The number of carbonyl (C=O) groups excluding carboxylic acids is 1. The second kappa shape index (κ2) is 11.4. The van der Waals surface area contributed by atoms with Crippen molar-refractivity contribution < 1.29 is 23.6 Å². The Bertz CT molecular complexity index is 1800. The Labute approximate surface area is 236 Å². The Kier molecular flexibility index (Phi) is 7.81. The van der Waals surface area contributed by atoms with Crippen molar-refractivity contribution >= 4 is 40.4 Å². The number of rotatable bonds is 9. The van der Waals surface area contributed by atoms with Gasteiger partial charge < -0.3 is 13.9 Å². The average Bonchev–Trinajstić information content (AvgIpc) is 3.70. The van der Waals surface area contributed by atoms with Gasteiger partial charge in [0.25, 0.3) is 11.2 Å². The van der Waals surface area contributed by atoms with E-state index < -0.39 is 16.9 Å². The van der Waals surface area contributed by atoms with Crippen molar-refractivity contribution in [2.75, 3.05) is 13.7 Å². The number of benzene rings is 1. The van der Waals surface area contributed by atoms with Gasteiger partial charge in [0.2, 0.25) is 0 Å². The van der Waals surface area contributed by atoms with Gasteiger partial charge in [-0.3, -0.25) is 19.5 Å². The molecule has 0 bridgehead atoms. The molecular formula is C28H25N3O7S2. The minimum atomic E-state index is -0.659. The number of thiazole rings is 1. The highest BCUT2D eigenvalue weighted by atomic mass is 32.1. The van der Waals surface area contributed by atoms with Crippen LogP contribution in [-0.4, -0.2) is 29.2 Å². The standard InChI is InChI=1S/C28H25N3O7S2/c1-4-7-19-24(27(33)37-5-2)25(22-8-6-13-39-22)30-26(32)23(40-28(30)29-19)15-17-10-12-21(38-17)18-11-9-16(36-3)14-20(18)31(34)35/h6,8-15,25H,4-5,7H2,1-3H3/b23-15-. The fourth-order valence-electron chi connectivity index (χ4n) is 4.54. The van der Waals surface area contributed by atoms with Crippen molar-refractivity contribution in [3.05, 3.63) is 99.6 Å². The first kappa shape index (κ1) is 27.3. The van der Waals surface area contributed by atoms with Crippen molar-refractivity contribution in [1.82, 2.24) is 4.57 Å². The fraction of sp³-hybridized carbons (Fsp3) is 0.250. The number of methoxy groups -OCH3 is 1. The molecule has 0 saturated carbocycles. The van der Waals surface area contributed by atoms with Gasteiger partial charge in [-0.15, -0.1) is 11.3 Å². The molecule has 1 aliphatic rings. The third-order valence-corrected chi connectivity index (χ3v) is 8.18. The largest absolute Gasteiger partial charge is 0.497 e. The topological polar surface area (TPSA) is 126 Å². The van der Waals surface area contributed by atoms with E-state index in [4.69, 9.17) is 18.9 Å². The average molecular weight is 580 g/mol. The summed E-state index contributed by atoms with van der Waals surface area (Å²) in [5, 5.41) is 13.5. The van der Waals surface area contributed by atoms with Crippen LogP contribution >= 0.6 is 22.7 Å². The minimum Gasteiger partial charge on any atom is -0.497 e. The smallest absolute Gasteiger partial charge is 0.338 e. The fourth-order valence-corrected chi connectivity index (χ4v) is 6.36. The SMILES string of the molecule is CCCC1=C(C(=O)OCC)C(c2cccs2)n2c(s/c(=C\c3ccc(-c4ccc(OC)cc4[N+](=O)[O-])o3)c2=O)=N1. The Balaban J connectivity index is 1.63. The lowest BCUT2D eigenvalue weighted by Gasteiger charge is -2.24. The molecule has 40 heavy (non-hydrogen) atoms. The van der Waals surface area contributed by atoms with Crippen LogP contribution in [0.25, 0.3) is 17.4 Å². The van der Waals surface area contributed by atoms with E-state index in [0.717, 1.165) is 11.3 Å². The number of ether oxygens (including phenoxy) is 2. The van der Waals surface area contributed by atoms with Crippen LogP contribution in [0.2, 0.25) is 0 Å². The van der Waals surface area contributed by atoms with E-state index in [9.17, 15) is 19.7 Å². The molecular weight excluding hydrogens is 554 g/mol. The van der Waals surface area contributed by atoms with Crippen LogP contribution in [0.4, 0.5) is 5.69 Å². The molecule has 0 fully saturated rings. The van der Waals surface area contributed by atoms with Crippen molar-refractivity contribution in [3.8, 4) is 17.1 Å². The molecule has 5 rings (SSSR count). The number of furan rings is 1. The number of carbonyl (C=O) groups is 1. The zero-order chi connectivity index (χ0) is 28.4. The Morgan fingerprint density at radius 3 is 2.75 bits per heavy atom. The zero-order valence-corrected chi connectivity index (χ0v) is 23.5. The monoisotopic (exact) mass is 579 g/mol. The molecule has 0 radical (unpaired) electrons. The summed E-state index contributed by atoms with van der Waals surface area (Å²) < 4.78 is 18.3. The summed E-state index contributed by atoms with van der Waals surface area (Å²) in [4.78, 5) is 44.1. The highest BCUT2D eigenvalue weighted by Crippen LogP contribution is 2.36. The number of allylic oxidation sites excluding steroid dienone is 1. The molecule has 1 aromatic carbocycles. The van der Waals surface area contributed by atoms with Crippen LogP contribution in [0, 0.1) is 10.1 Å². The Morgan fingerprint density at radius 1 is 1.25 bits per heavy atom. The van der Waals surface area contributed by atoms with E-state index in [2.05, 4.69) is 0 Å². The second-order valence-electron chi connectivity index (χ2n) is 8.77. The van der Waals surface area contributed by atoms with E-state index >= 15 is 0 Å². The number of fused-ring (bicyclic) bond motifs is 1. The quantitative estimate of drug-likeness (QED) is 0.158.